The summed E-state index contributed by atoms with van der Waals surface area (Å²) < 4.78 is 5.87. The molecule has 3 nitrogen and oxygen atoms in total. The first-order valence-electron chi connectivity index (χ1n) is 7.30. The molecule has 0 radical (unpaired) electrons. The van der Waals surface area contributed by atoms with Crippen LogP contribution in [0.5, 0.6) is 0 Å². The van der Waals surface area contributed by atoms with Crippen molar-refractivity contribution in [2.24, 2.45) is 0 Å². The quantitative estimate of drug-likeness (QED) is 0.920. The number of para-hydroxylation sites is 1. The van der Waals surface area contributed by atoms with E-state index in [1.807, 2.05) is 12.3 Å². The fourth-order valence-corrected chi connectivity index (χ4v) is 2.72. The zero-order chi connectivity index (χ0) is 13.8. The minimum Gasteiger partial charge on any atom is -0.496 e. The summed E-state index contributed by atoms with van der Waals surface area (Å²) in [7, 11) is 0. The van der Waals surface area contributed by atoms with Crippen LogP contribution in [0.3, 0.4) is 0 Å². The lowest BCUT2D eigenvalue weighted by Gasteiger charge is -2.25. The SMILES string of the molecule is CCNC(C1=CCCCO1)c1ccnc2ccccc12. The Hall–Kier alpha value is -1.87. The number of rotatable bonds is 4. The minimum absolute atomic E-state index is 0.119. The topological polar surface area (TPSA) is 34.1 Å². The molecule has 1 aromatic carbocycles. The third kappa shape index (κ3) is 2.54. The molecule has 2 aromatic rings. The predicted molar refractivity (Wildman–Crippen MR) is 81.4 cm³/mol. The summed E-state index contributed by atoms with van der Waals surface area (Å²) >= 11 is 0. The third-order valence-corrected chi connectivity index (χ3v) is 3.65. The summed E-state index contributed by atoms with van der Waals surface area (Å²) in [6.07, 6.45) is 6.30. The van der Waals surface area contributed by atoms with Crippen molar-refractivity contribution in [3.63, 3.8) is 0 Å². The molecule has 0 bridgehead atoms. The number of hydrogen-bond donors (Lipinski definition) is 1. The van der Waals surface area contributed by atoms with Crippen molar-refractivity contribution in [2.45, 2.75) is 25.8 Å². The van der Waals surface area contributed by atoms with Gasteiger partial charge in [0.25, 0.3) is 0 Å². The van der Waals surface area contributed by atoms with Gasteiger partial charge in [-0.3, -0.25) is 4.98 Å². The van der Waals surface area contributed by atoms with Crippen molar-refractivity contribution >= 4 is 10.9 Å². The molecular weight excluding hydrogens is 248 g/mol. The van der Waals surface area contributed by atoms with E-state index in [1.54, 1.807) is 0 Å². The second kappa shape index (κ2) is 6.06. The molecule has 0 saturated heterocycles. The van der Waals surface area contributed by atoms with Gasteiger partial charge >= 0.3 is 0 Å². The predicted octanol–water partition coefficient (Wildman–Crippen LogP) is 3.58. The van der Waals surface area contributed by atoms with Crippen LogP contribution in [0.1, 0.15) is 31.4 Å². The van der Waals surface area contributed by atoms with E-state index in [2.05, 4.69) is 47.6 Å². The van der Waals surface area contributed by atoms with Gasteiger partial charge in [0.05, 0.1) is 18.2 Å². The van der Waals surface area contributed by atoms with Gasteiger partial charge in [0.15, 0.2) is 0 Å². The van der Waals surface area contributed by atoms with E-state index >= 15 is 0 Å². The highest BCUT2D eigenvalue weighted by molar-refractivity contribution is 5.82. The Kier molecular flexibility index (Phi) is 3.97. The smallest absolute Gasteiger partial charge is 0.113 e. The molecule has 0 saturated carbocycles. The molecule has 3 rings (SSSR count). The maximum absolute atomic E-state index is 5.87. The fourth-order valence-electron chi connectivity index (χ4n) is 2.72. The molecule has 1 N–H and O–H groups in total. The second-order valence-electron chi connectivity index (χ2n) is 5.01. The normalized spacial score (nSPS) is 16.6. The van der Waals surface area contributed by atoms with Crippen LogP contribution in [-0.4, -0.2) is 18.1 Å². The molecule has 1 aliphatic heterocycles. The average Bonchev–Trinajstić information content (AvgIpc) is 2.53. The monoisotopic (exact) mass is 268 g/mol. The highest BCUT2D eigenvalue weighted by atomic mass is 16.5. The largest absolute Gasteiger partial charge is 0.496 e. The first kappa shape index (κ1) is 13.1. The van der Waals surface area contributed by atoms with Crippen LogP contribution in [0.2, 0.25) is 0 Å². The van der Waals surface area contributed by atoms with E-state index in [4.69, 9.17) is 4.74 Å². The summed E-state index contributed by atoms with van der Waals surface area (Å²) in [5, 5.41) is 4.73. The van der Waals surface area contributed by atoms with Gasteiger partial charge in [-0.1, -0.05) is 25.1 Å². The number of hydrogen-bond acceptors (Lipinski definition) is 3. The van der Waals surface area contributed by atoms with Crippen LogP contribution >= 0.6 is 0 Å². The standard InChI is InChI=1S/C17H20N2O/c1-2-18-17(16-9-5-6-12-20-16)14-10-11-19-15-8-4-3-7-13(14)15/h3-4,7-11,17-18H,2,5-6,12H2,1H3. The molecule has 2 heterocycles. The van der Waals surface area contributed by atoms with Gasteiger partial charge in [-0.25, -0.2) is 0 Å². The van der Waals surface area contributed by atoms with Crippen molar-refractivity contribution in [2.75, 3.05) is 13.2 Å². The van der Waals surface area contributed by atoms with E-state index < -0.39 is 0 Å². The van der Waals surface area contributed by atoms with Gasteiger partial charge in [-0.05, 0) is 43.2 Å². The maximum atomic E-state index is 5.87. The number of aromatic nitrogens is 1. The Morgan fingerprint density at radius 2 is 2.20 bits per heavy atom. The van der Waals surface area contributed by atoms with E-state index in [0.29, 0.717) is 0 Å². The number of nitrogens with one attached hydrogen (secondary N) is 1. The summed E-state index contributed by atoms with van der Waals surface area (Å²) in [4.78, 5) is 4.44. The van der Waals surface area contributed by atoms with E-state index in [0.717, 1.165) is 37.3 Å². The molecule has 1 aromatic heterocycles. The van der Waals surface area contributed by atoms with E-state index in [-0.39, 0.29) is 6.04 Å². The summed E-state index contributed by atoms with van der Waals surface area (Å²) in [6, 6.07) is 10.5. The van der Waals surface area contributed by atoms with Gasteiger partial charge in [-0.15, -0.1) is 0 Å². The van der Waals surface area contributed by atoms with Crippen LogP contribution in [0, 0.1) is 0 Å². The zero-order valence-electron chi connectivity index (χ0n) is 11.8. The Balaban J connectivity index is 2.07. The van der Waals surface area contributed by atoms with E-state index in [9.17, 15) is 0 Å². The number of likely N-dealkylation sites (N-methyl/N-ethyl adjacent to an activating group) is 1. The lowest BCUT2D eigenvalue weighted by atomic mass is 9.99. The maximum Gasteiger partial charge on any atom is 0.113 e. The Morgan fingerprint density at radius 3 is 3.00 bits per heavy atom. The molecule has 0 fully saturated rings. The lowest BCUT2D eigenvalue weighted by molar-refractivity contribution is 0.168. The zero-order valence-corrected chi connectivity index (χ0v) is 11.8. The molecule has 1 atom stereocenters. The summed E-state index contributed by atoms with van der Waals surface area (Å²) in [6.45, 7) is 3.85. The fraction of sp³-hybridized carbons (Fsp3) is 0.353. The molecule has 0 aliphatic carbocycles. The van der Waals surface area contributed by atoms with Crippen LogP contribution in [-0.2, 0) is 4.74 Å². The van der Waals surface area contributed by atoms with Gasteiger partial charge in [0.2, 0.25) is 0 Å². The minimum atomic E-state index is 0.119. The van der Waals surface area contributed by atoms with Crippen LogP contribution in [0.25, 0.3) is 10.9 Å². The molecular formula is C17H20N2O. The molecule has 1 unspecified atom stereocenters. The lowest BCUT2D eigenvalue weighted by Crippen LogP contribution is -2.25. The highest BCUT2D eigenvalue weighted by Crippen LogP contribution is 2.30. The average molecular weight is 268 g/mol. The molecule has 0 amide bonds. The molecule has 104 valence electrons. The number of nitrogens with zero attached hydrogens (tertiary/aromatic N) is 1. The molecule has 20 heavy (non-hydrogen) atoms. The van der Waals surface area contributed by atoms with Crippen molar-refractivity contribution in [3.05, 3.63) is 53.9 Å². The number of allylic oxidation sites excluding steroid dienone is 1. The number of benzene rings is 1. The molecule has 0 spiro atoms. The first-order chi connectivity index (χ1) is 9.90. The van der Waals surface area contributed by atoms with Gasteiger partial charge in [-0.2, -0.15) is 0 Å². The second-order valence-corrected chi connectivity index (χ2v) is 5.01. The van der Waals surface area contributed by atoms with Gasteiger partial charge in [0, 0.05) is 11.6 Å². The highest BCUT2D eigenvalue weighted by Gasteiger charge is 2.21. The summed E-state index contributed by atoms with van der Waals surface area (Å²) in [5.74, 6) is 1.05. The third-order valence-electron chi connectivity index (χ3n) is 3.65. The first-order valence-corrected chi connectivity index (χ1v) is 7.30. The number of fused-ring (bicyclic) bond motifs is 1. The van der Waals surface area contributed by atoms with Gasteiger partial charge < -0.3 is 10.1 Å². The number of ether oxygens (including phenoxy) is 1. The van der Waals surface area contributed by atoms with Crippen molar-refractivity contribution in [1.82, 2.24) is 10.3 Å². The van der Waals surface area contributed by atoms with Crippen LogP contribution < -0.4 is 5.32 Å². The van der Waals surface area contributed by atoms with Crippen LogP contribution in [0.15, 0.2) is 48.4 Å². The van der Waals surface area contributed by atoms with Crippen LogP contribution in [0.4, 0.5) is 0 Å². The Labute approximate surface area is 119 Å². The summed E-state index contributed by atoms with van der Waals surface area (Å²) in [5.41, 5.74) is 2.27. The van der Waals surface area contributed by atoms with Crippen molar-refractivity contribution < 1.29 is 4.74 Å². The molecule has 1 aliphatic rings. The Bertz CT molecular complexity index is 616. The van der Waals surface area contributed by atoms with Gasteiger partial charge in [0.1, 0.15) is 5.76 Å². The Morgan fingerprint density at radius 1 is 1.30 bits per heavy atom. The van der Waals surface area contributed by atoms with E-state index in [1.165, 1.54) is 10.9 Å². The molecule has 3 heteroatoms. The number of pyridine rings is 1. The van der Waals surface area contributed by atoms with Crippen molar-refractivity contribution in [1.29, 1.82) is 0 Å². The van der Waals surface area contributed by atoms with Crippen molar-refractivity contribution in [3.8, 4) is 0 Å².